The fraction of sp³-hybridized carbons (Fsp3) is 0.316. The quantitative estimate of drug-likeness (QED) is 0.754. The number of benzene rings is 2. The first-order valence-electron chi connectivity index (χ1n) is 7.78. The molecule has 1 amide bonds. The van der Waals surface area contributed by atoms with Crippen molar-refractivity contribution in [2.45, 2.75) is 18.7 Å². The standard InChI is InChI=1S/C19H23NO4S/c1-12-6-7-13(2)17(8-12)25-11-18(21)20-14-9-15(22-3)19(24-5)16(10-14)23-4/h6-10H,11H2,1-5H3,(H,20,21). The maximum Gasteiger partial charge on any atom is 0.234 e. The highest BCUT2D eigenvalue weighted by molar-refractivity contribution is 8.00. The van der Waals surface area contributed by atoms with Gasteiger partial charge in [-0.2, -0.15) is 0 Å². The van der Waals surface area contributed by atoms with Crippen LogP contribution in [0.1, 0.15) is 11.1 Å². The molecule has 25 heavy (non-hydrogen) atoms. The summed E-state index contributed by atoms with van der Waals surface area (Å²) >= 11 is 1.52. The smallest absolute Gasteiger partial charge is 0.234 e. The van der Waals surface area contributed by atoms with E-state index in [4.69, 9.17) is 14.2 Å². The van der Waals surface area contributed by atoms with Crippen molar-refractivity contribution < 1.29 is 19.0 Å². The van der Waals surface area contributed by atoms with Gasteiger partial charge in [-0.25, -0.2) is 0 Å². The van der Waals surface area contributed by atoms with Gasteiger partial charge in [0.2, 0.25) is 11.7 Å². The van der Waals surface area contributed by atoms with Crippen molar-refractivity contribution in [3.8, 4) is 17.2 Å². The number of hydrogen-bond acceptors (Lipinski definition) is 5. The fourth-order valence-electron chi connectivity index (χ4n) is 2.36. The second-order valence-corrected chi connectivity index (χ2v) is 6.54. The number of nitrogens with one attached hydrogen (secondary N) is 1. The third-order valence-electron chi connectivity index (χ3n) is 3.65. The molecular weight excluding hydrogens is 338 g/mol. The van der Waals surface area contributed by atoms with Gasteiger partial charge in [-0.3, -0.25) is 4.79 Å². The van der Waals surface area contributed by atoms with Gasteiger partial charge in [-0.15, -0.1) is 11.8 Å². The summed E-state index contributed by atoms with van der Waals surface area (Å²) < 4.78 is 15.9. The summed E-state index contributed by atoms with van der Waals surface area (Å²) in [5.41, 5.74) is 2.94. The molecule has 0 aromatic heterocycles. The van der Waals surface area contributed by atoms with Crippen LogP contribution in [0.4, 0.5) is 5.69 Å². The average molecular weight is 361 g/mol. The molecule has 2 aromatic carbocycles. The fourth-order valence-corrected chi connectivity index (χ4v) is 3.28. The minimum atomic E-state index is -0.0971. The van der Waals surface area contributed by atoms with Gasteiger partial charge in [-0.1, -0.05) is 17.7 Å². The van der Waals surface area contributed by atoms with Crippen LogP contribution in [-0.2, 0) is 4.79 Å². The zero-order valence-electron chi connectivity index (χ0n) is 15.1. The van der Waals surface area contributed by atoms with E-state index < -0.39 is 0 Å². The summed E-state index contributed by atoms with van der Waals surface area (Å²) in [6, 6.07) is 9.64. The number of rotatable bonds is 7. The molecule has 0 saturated heterocycles. The predicted molar refractivity (Wildman–Crippen MR) is 101 cm³/mol. The van der Waals surface area contributed by atoms with Gasteiger partial charge in [0.1, 0.15) is 0 Å². The Bertz CT molecular complexity index is 736. The van der Waals surface area contributed by atoms with Crippen LogP contribution in [0.15, 0.2) is 35.2 Å². The van der Waals surface area contributed by atoms with E-state index in [0.717, 1.165) is 10.5 Å². The summed E-state index contributed by atoms with van der Waals surface area (Å²) in [5, 5.41) is 2.87. The molecule has 5 nitrogen and oxygen atoms in total. The molecule has 0 bridgehead atoms. The minimum absolute atomic E-state index is 0.0971. The van der Waals surface area contributed by atoms with Gasteiger partial charge < -0.3 is 19.5 Å². The number of hydrogen-bond donors (Lipinski definition) is 1. The third kappa shape index (κ3) is 4.82. The molecule has 0 heterocycles. The molecule has 0 aliphatic rings. The van der Waals surface area contributed by atoms with Crippen LogP contribution in [0.5, 0.6) is 17.2 Å². The highest BCUT2D eigenvalue weighted by Gasteiger charge is 2.14. The Kier molecular flexibility index (Phi) is 6.58. The molecule has 0 fully saturated rings. The van der Waals surface area contributed by atoms with Crippen molar-refractivity contribution >= 4 is 23.4 Å². The van der Waals surface area contributed by atoms with Gasteiger partial charge in [0.25, 0.3) is 0 Å². The normalized spacial score (nSPS) is 10.3. The van der Waals surface area contributed by atoms with Crippen molar-refractivity contribution in [1.82, 2.24) is 0 Å². The van der Waals surface area contributed by atoms with Crippen LogP contribution in [0.3, 0.4) is 0 Å². The molecular formula is C19H23NO4S. The SMILES string of the molecule is COc1cc(NC(=O)CSc2cc(C)ccc2C)cc(OC)c1OC. The van der Waals surface area contributed by atoms with Gasteiger partial charge in [-0.05, 0) is 25.5 Å². The molecule has 134 valence electrons. The lowest BCUT2D eigenvalue weighted by atomic mass is 10.2. The van der Waals surface area contributed by atoms with E-state index in [0.29, 0.717) is 28.7 Å². The van der Waals surface area contributed by atoms with Crippen LogP contribution in [0.25, 0.3) is 0 Å². The molecule has 0 aliphatic carbocycles. The third-order valence-corrected chi connectivity index (χ3v) is 4.81. The van der Waals surface area contributed by atoms with Crippen molar-refractivity contribution in [2.75, 3.05) is 32.4 Å². The number of amides is 1. The summed E-state index contributed by atoms with van der Waals surface area (Å²) in [6.45, 7) is 4.08. The second kappa shape index (κ2) is 8.67. The van der Waals surface area contributed by atoms with Crippen LogP contribution in [0.2, 0.25) is 0 Å². The van der Waals surface area contributed by atoms with Crippen LogP contribution < -0.4 is 19.5 Å². The van der Waals surface area contributed by atoms with E-state index in [1.54, 1.807) is 33.5 Å². The lowest BCUT2D eigenvalue weighted by molar-refractivity contribution is -0.113. The van der Waals surface area contributed by atoms with Crippen molar-refractivity contribution in [1.29, 1.82) is 0 Å². The summed E-state index contributed by atoms with van der Waals surface area (Å²) in [7, 11) is 4.62. The first-order chi connectivity index (χ1) is 12.0. The highest BCUT2D eigenvalue weighted by Crippen LogP contribution is 2.40. The first kappa shape index (κ1) is 19.0. The van der Waals surface area contributed by atoms with Gasteiger partial charge in [0.05, 0.1) is 27.1 Å². The van der Waals surface area contributed by atoms with Gasteiger partial charge >= 0.3 is 0 Å². The maximum atomic E-state index is 12.3. The average Bonchev–Trinajstić information content (AvgIpc) is 2.61. The van der Waals surface area contributed by atoms with Crippen molar-refractivity contribution in [3.05, 3.63) is 41.5 Å². The summed E-state index contributed by atoms with van der Waals surface area (Å²) in [4.78, 5) is 13.4. The predicted octanol–water partition coefficient (Wildman–Crippen LogP) is 4.06. The lowest BCUT2D eigenvalue weighted by Crippen LogP contribution is -2.14. The number of aryl methyl sites for hydroxylation is 2. The molecule has 6 heteroatoms. The van der Waals surface area contributed by atoms with E-state index in [2.05, 4.69) is 23.5 Å². The number of carbonyl (C=O) groups excluding carboxylic acids is 1. The van der Waals surface area contributed by atoms with Crippen LogP contribution in [-0.4, -0.2) is 33.0 Å². The topological polar surface area (TPSA) is 56.8 Å². The van der Waals surface area contributed by atoms with Crippen LogP contribution in [0, 0.1) is 13.8 Å². The Balaban J connectivity index is 2.08. The molecule has 0 aliphatic heterocycles. The number of ether oxygens (including phenoxy) is 3. The van der Waals surface area contributed by atoms with E-state index in [9.17, 15) is 4.79 Å². The number of thioether (sulfide) groups is 1. The molecule has 0 saturated carbocycles. The number of methoxy groups -OCH3 is 3. The van der Waals surface area contributed by atoms with E-state index >= 15 is 0 Å². The Morgan fingerprint density at radius 1 is 1.00 bits per heavy atom. The molecule has 0 spiro atoms. The second-order valence-electron chi connectivity index (χ2n) is 5.52. The van der Waals surface area contributed by atoms with E-state index in [-0.39, 0.29) is 5.91 Å². The minimum Gasteiger partial charge on any atom is -0.493 e. The number of carbonyl (C=O) groups is 1. The monoisotopic (exact) mass is 361 g/mol. The zero-order chi connectivity index (χ0) is 18.4. The molecule has 0 unspecified atom stereocenters. The number of anilines is 1. The van der Waals surface area contributed by atoms with Gasteiger partial charge in [0.15, 0.2) is 11.5 Å². The summed E-state index contributed by atoms with van der Waals surface area (Å²) in [5.74, 6) is 1.72. The summed E-state index contributed by atoms with van der Waals surface area (Å²) in [6.07, 6.45) is 0. The molecule has 0 radical (unpaired) electrons. The highest BCUT2D eigenvalue weighted by atomic mass is 32.2. The Labute approximate surface area is 152 Å². The van der Waals surface area contributed by atoms with Crippen LogP contribution >= 0.6 is 11.8 Å². The molecule has 0 atom stereocenters. The van der Waals surface area contributed by atoms with Crippen molar-refractivity contribution in [3.63, 3.8) is 0 Å². The molecule has 2 rings (SSSR count). The Morgan fingerprint density at radius 3 is 2.20 bits per heavy atom. The van der Waals surface area contributed by atoms with Crippen molar-refractivity contribution in [2.24, 2.45) is 0 Å². The largest absolute Gasteiger partial charge is 0.493 e. The Hall–Kier alpha value is -2.34. The van der Waals surface area contributed by atoms with Gasteiger partial charge in [0, 0.05) is 22.7 Å². The zero-order valence-corrected chi connectivity index (χ0v) is 16.0. The maximum absolute atomic E-state index is 12.3. The van der Waals surface area contributed by atoms with E-state index in [1.807, 2.05) is 13.8 Å². The molecule has 1 N–H and O–H groups in total. The lowest BCUT2D eigenvalue weighted by Gasteiger charge is -2.14. The Morgan fingerprint density at radius 2 is 1.64 bits per heavy atom. The molecule has 2 aromatic rings. The first-order valence-corrected chi connectivity index (χ1v) is 8.77. The van der Waals surface area contributed by atoms with E-state index in [1.165, 1.54) is 17.3 Å².